The van der Waals surface area contributed by atoms with Crippen LogP contribution in [0.5, 0.6) is 17.2 Å². The number of ether oxygens (including phenoxy) is 4. The maximum atomic E-state index is 12.2. The molecule has 0 amide bonds. The first-order chi connectivity index (χ1) is 13.1. The van der Waals surface area contributed by atoms with Crippen molar-refractivity contribution >= 4 is 17.9 Å². The average Bonchev–Trinajstić information content (AvgIpc) is 3.07. The summed E-state index contributed by atoms with van der Waals surface area (Å²) in [4.78, 5) is 16.4. The maximum absolute atomic E-state index is 12.2. The smallest absolute Gasteiger partial charge is 0.363 e. The molecular weight excluding hydrogens is 348 g/mol. The monoisotopic (exact) mass is 364 g/mol. The van der Waals surface area contributed by atoms with Crippen LogP contribution in [-0.4, -0.2) is 32.7 Å². The molecule has 0 bridgehead atoms. The quantitative estimate of drug-likeness (QED) is 0.578. The molecule has 7 heteroatoms. The third kappa shape index (κ3) is 4.07. The molecule has 136 valence electrons. The first kappa shape index (κ1) is 18.0. The third-order valence-electron chi connectivity index (χ3n) is 3.72. The van der Waals surface area contributed by atoms with Gasteiger partial charge in [-0.25, -0.2) is 9.79 Å². The van der Waals surface area contributed by atoms with Crippen molar-refractivity contribution in [2.24, 2.45) is 4.99 Å². The van der Waals surface area contributed by atoms with E-state index in [0.29, 0.717) is 28.4 Å². The summed E-state index contributed by atoms with van der Waals surface area (Å²) in [6, 6.07) is 14.1. The molecule has 0 radical (unpaired) electrons. The molecule has 0 aromatic heterocycles. The van der Waals surface area contributed by atoms with Crippen LogP contribution in [-0.2, 0) is 9.53 Å². The molecule has 27 heavy (non-hydrogen) atoms. The van der Waals surface area contributed by atoms with Crippen LogP contribution in [0.1, 0.15) is 11.1 Å². The standard InChI is InChI=1S/C20H16N2O5/c1-24-15-5-3-4-14(12-15)19-22-16(20(23)27-19)10-13-6-7-17(26-9-8-21)18(11-13)25-2/h3-7,10-12H,9H2,1-2H3/b16-10+. The molecule has 0 spiro atoms. The summed E-state index contributed by atoms with van der Waals surface area (Å²) in [5.41, 5.74) is 1.49. The van der Waals surface area contributed by atoms with Crippen LogP contribution in [0.15, 0.2) is 53.2 Å². The van der Waals surface area contributed by atoms with E-state index in [9.17, 15) is 4.79 Å². The Balaban J connectivity index is 1.89. The lowest BCUT2D eigenvalue weighted by Crippen LogP contribution is -2.05. The van der Waals surface area contributed by atoms with Gasteiger partial charge in [0.2, 0.25) is 5.90 Å². The predicted octanol–water partition coefficient (Wildman–Crippen LogP) is 2.95. The van der Waals surface area contributed by atoms with Gasteiger partial charge >= 0.3 is 5.97 Å². The number of carbonyl (C=O) groups excluding carboxylic acids is 1. The van der Waals surface area contributed by atoms with Gasteiger partial charge in [0.15, 0.2) is 23.8 Å². The van der Waals surface area contributed by atoms with Gasteiger partial charge in [-0.3, -0.25) is 0 Å². The Morgan fingerprint density at radius 3 is 2.74 bits per heavy atom. The Morgan fingerprint density at radius 2 is 2.00 bits per heavy atom. The zero-order valence-corrected chi connectivity index (χ0v) is 14.8. The van der Waals surface area contributed by atoms with Crippen LogP contribution >= 0.6 is 0 Å². The Morgan fingerprint density at radius 1 is 1.15 bits per heavy atom. The molecule has 0 saturated heterocycles. The third-order valence-corrected chi connectivity index (χ3v) is 3.72. The Bertz CT molecular complexity index is 973. The van der Waals surface area contributed by atoms with E-state index in [1.807, 2.05) is 6.07 Å². The van der Waals surface area contributed by atoms with Crippen molar-refractivity contribution in [3.63, 3.8) is 0 Å². The molecule has 0 unspecified atom stereocenters. The predicted molar refractivity (Wildman–Crippen MR) is 97.7 cm³/mol. The lowest BCUT2D eigenvalue weighted by Gasteiger charge is -2.08. The van der Waals surface area contributed by atoms with Crippen LogP contribution in [0.25, 0.3) is 6.08 Å². The van der Waals surface area contributed by atoms with E-state index >= 15 is 0 Å². The van der Waals surface area contributed by atoms with Gasteiger partial charge < -0.3 is 18.9 Å². The second-order valence-corrected chi connectivity index (χ2v) is 5.43. The van der Waals surface area contributed by atoms with Gasteiger partial charge in [-0.05, 0) is 42.0 Å². The molecule has 0 N–H and O–H groups in total. The highest BCUT2D eigenvalue weighted by Gasteiger charge is 2.24. The van der Waals surface area contributed by atoms with Crippen LogP contribution < -0.4 is 14.2 Å². The molecule has 0 aliphatic carbocycles. The highest BCUT2D eigenvalue weighted by Crippen LogP contribution is 2.30. The van der Waals surface area contributed by atoms with Gasteiger partial charge in [-0.2, -0.15) is 5.26 Å². The number of benzene rings is 2. The number of nitrogens with zero attached hydrogens (tertiary/aromatic N) is 2. The van der Waals surface area contributed by atoms with Crippen molar-refractivity contribution in [1.29, 1.82) is 5.26 Å². The highest BCUT2D eigenvalue weighted by molar-refractivity contribution is 6.13. The van der Waals surface area contributed by atoms with E-state index in [4.69, 9.17) is 24.2 Å². The van der Waals surface area contributed by atoms with Crippen LogP contribution in [0.3, 0.4) is 0 Å². The first-order valence-corrected chi connectivity index (χ1v) is 7.99. The molecule has 7 nitrogen and oxygen atoms in total. The number of carbonyl (C=O) groups is 1. The fraction of sp³-hybridized carbons (Fsp3) is 0.150. The molecule has 2 aromatic carbocycles. The molecule has 0 saturated carbocycles. The lowest BCUT2D eigenvalue weighted by atomic mass is 10.1. The summed E-state index contributed by atoms with van der Waals surface area (Å²) in [6.07, 6.45) is 1.59. The van der Waals surface area contributed by atoms with Crippen LogP contribution in [0.4, 0.5) is 0 Å². The number of hydrogen-bond donors (Lipinski definition) is 0. The second-order valence-electron chi connectivity index (χ2n) is 5.43. The minimum absolute atomic E-state index is 0.0860. The Labute approximate surface area is 156 Å². The lowest BCUT2D eigenvalue weighted by molar-refractivity contribution is -0.129. The van der Waals surface area contributed by atoms with E-state index in [0.717, 1.165) is 0 Å². The van der Waals surface area contributed by atoms with E-state index < -0.39 is 5.97 Å². The number of aliphatic imine (C=N–C) groups is 1. The summed E-state index contributed by atoms with van der Waals surface area (Å²) in [6.45, 7) is -0.0860. The number of nitriles is 1. The number of esters is 1. The molecule has 3 rings (SSSR count). The van der Waals surface area contributed by atoms with Crippen molar-refractivity contribution < 1.29 is 23.7 Å². The summed E-state index contributed by atoms with van der Waals surface area (Å²) in [7, 11) is 3.05. The van der Waals surface area contributed by atoms with Gasteiger partial charge in [0.25, 0.3) is 0 Å². The zero-order chi connectivity index (χ0) is 19.2. The van der Waals surface area contributed by atoms with Crippen LogP contribution in [0.2, 0.25) is 0 Å². The highest BCUT2D eigenvalue weighted by atomic mass is 16.6. The summed E-state index contributed by atoms with van der Waals surface area (Å²) < 4.78 is 21.0. The molecule has 1 aliphatic rings. The van der Waals surface area contributed by atoms with Crippen molar-refractivity contribution in [1.82, 2.24) is 0 Å². The van der Waals surface area contributed by atoms with Gasteiger partial charge in [0, 0.05) is 5.56 Å². The molecule has 0 atom stereocenters. The normalized spacial score (nSPS) is 14.3. The number of methoxy groups -OCH3 is 2. The molecule has 1 aliphatic heterocycles. The van der Waals surface area contributed by atoms with E-state index in [1.165, 1.54) is 7.11 Å². The number of cyclic esters (lactones) is 1. The minimum atomic E-state index is -0.545. The van der Waals surface area contributed by atoms with Crippen LogP contribution in [0, 0.1) is 11.3 Å². The fourth-order valence-corrected chi connectivity index (χ4v) is 2.45. The molecule has 0 fully saturated rings. The minimum Gasteiger partial charge on any atom is -0.497 e. The first-order valence-electron chi connectivity index (χ1n) is 7.99. The van der Waals surface area contributed by atoms with Gasteiger partial charge in [-0.1, -0.05) is 12.1 Å². The molecule has 2 aromatic rings. The van der Waals surface area contributed by atoms with Crippen molar-refractivity contribution in [2.45, 2.75) is 0 Å². The van der Waals surface area contributed by atoms with E-state index in [2.05, 4.69) is 4.99 Å². The maximum Gasteiger partial charge on any atom is 0.363 e. The second kappa shape index (κ2) is 8.06. The van der Waals surface area contributed by atoms with Gasteiger partial charge in [0.05, 0.1) is 14.2 Å². The van der Waals surface area contributed by atoms with Crippen molar-refractivity contribution in [3.8, 4) is 23.3 Å². The molecule has 1 heterocycles. The summed E-state index contributed by atoms with van der Waals surface area (Å²) in [5.74, 6) is 1.20. The van der Waals surface area contributed by atoms with Gasteiger partial charge in [0.1, 0.15) is 11.8 Å². The molecular formula is C20H16N2O5. The number of hydrogen-bond acceptors (Lipinski definition) is 7. The van der Waals surface area contributed by atoms with E-state index in [1.54, 1.807) is 55.7 Å². The topological polar surface area (TPSA) is 90.1 Å². The summed E-state index contributed by atoms with van der Waals surface area (Å²) in [5, 5.41) is 8.62. The zero-order valence-electron chi connectivity index (χ0n) is 14.8. The van der Waals surface area contributed by atoms with Gasteiger partial charge in [-0.15, -0.1) is 0 Å². The Kier molecular flexibility index (Phi) is 5.38. The SMILES string of the molecule is COc1cccc(C2=N/C(=C/c3ccc(OCC#N)c(OC)c3)C(=O)O2)c1. The van der Waals surface area contributed by atoms with Crippen molar-refractivity contribution in [2.75, 3.05) is 20.8 Å². The number of rotatable bonds is 6. The Hall–Kier alpha value is -3.79. The van der Waals surface area contributed by atoms with Crippen molar-refractivity contribution in [3.05, 3.63) is 59.3 Å². The fourth-order valence-electron chi connectivity index (χ4n) is 2.45. The summed E-state index contributed by atoms with van der Waals surface area (Å²) >= 11 is 0. The average molecular weight is 364 g/mol. The van der Waals surface area contributed by atoms with E-state index in [-0.39, 0.29) is 18.2 Å². The largest absolute Gasteiger partial charge is 0.497 e.